The zero-order valence-corrected chi connectivity index (χ0v) is 14.5. The minimum atomic E-state index is -0.408. The van der Waals surface area contributed by atoms with Gasteiger partial charge in [0.1, 0.15) is 5.82 Å². The SMILES string of the molecule is Cc1noc2nc(-c3ccccc3F)cc(C(=O)N3CCO[C@H](C)C3)c12. The number of ether oxygens (including phenoxy) is 1. The van der Waals surface area contributed by atoms with Gasteiger partial charge in [-0.1, -0.05) is 17.3 Å². The van der Waals surface area contributed by atoms with Gasteiger partial charge in [-0.2, -0.15) is 0 Å². The van der Waals surface area contributed by atoms with Gasteiger partial charge in [0.25, 0.3) is 11.6 Å². The molecule has 3 heterocycles. The summed E-state index contributed by atoms with van der Waals surface area (Å²) in [5.74, 6) is -0.564. The third-order valence-electron chi connectivity index (χ3n) is 4.53. The number of aromatic nitrogens is 2. The number of amides is 1. The molecule has 6 nitrogen and oxygen atoms in total. The molecule has 134 valence electrons. The molecule has 0 unspecified atom stereocenters. The lowest BCUT2D eigenvalue weighted by molar-refractivity contribution is -0.0123. The topological polar surface area (TPSA) is 68.5 Å². The number of rotatable bonds is 2. The molecule has 1 aromatic carbocycles. The number of hydrogen-bond acceptors (Lipinski definition) is 5. The third kappa shape index (κ3) is 2.84. The Morgan fingerprint density at radius 2 is 2.15 bits per heavy atom. The van der Waals surface area contributed by atoms with Crippen LogP contribution in [0.2, 0.25) is 0 Å². The molecule has 0 saturated carbocycles. The molecule has 1 aliphatic rings. The van der Waals surface area contributed by atoms with E-state index in [2.05, 4.69) is 10.1 Å². The molecule has 7 heteroatoms. The molecule has 26 heavy (non-hydrogen) atoms. The van der Waals surface area contributed by atoms with Crippen molar-refractivity contribution in [1.82, 2.24) is 15.0 Å². The summed E-state index contributed by atoms with van der Waals surface area (Å²) >= 11 is 0. The van der Waals surface area contributed by atoms with Crippen LogP contribution in [0.5, 0.6) is 0 Å². The van der Waals surface area contributed by atoms with Gasteiger partial charge in [0, 0.05) is 18.7 Å². The molecule has 0 aliphatic carbocycles. The molecule has 1 atom stereocenters. The lowest BCUT2D eigenvalue weighted by Crippen LogP contribution is -2.44. The molecule has 1 saturated heterocycles. The zero-order valence-electron chi connectivity index (χ0n) is 14.5. The summed E-state index contributed by atoms with van der Waals surface area (Å²) in [6.07, 6.45) is -0.0281. The summed E-state index contributed by atoms with van der Waals surface area (Å²) in [7, 11) is 0. The highest BCUT2D eigenvalue weighted by molar-refractivity contribution is 6.07. The summed E-state index contributed by atoms with van der Waals surface area (Å²) in [6.45, 7) is 5.18. The van der Waals surface area contributed by atoms with E-state index in [-0.39, 0.29) is 17.7 Å². The van der Waals surface area contributed by atoms with Crippen LogP contribution in [0, 0.1) is 12.7 Å². The molecule has 3 aromatic rings. The molecule has 1 aliphatic heterocycles. The lowest BCUT2D eigenvalue weighted by Gasteiger charge is -2.31. The van der Waals surface area contributed by atoms with Crippen LogP contribution >= 0.6 is 0 Å². The van der Waals surface area contributed by atoms with Crippen molar-refractivity contribution < 1.29 is 18.4 Å². The van der Waals surface area contributed by atoms with E-state index in [1.54, 1.807) is 36.1 Å². The number of morpholine rings is 1. The maximum Gasteiger partial charge on any atom is 0.259 e. The molecular weight excluding hydrogens is 337 g/mol. The van der Waals surface area contributed by atoms with Crippen LogP contribution in [0.1, 0.15) is 23.0 Å². The highest BCUT2D eigenvalue weighted by Gasteiger charge is 2.27. The van der Waals surface area contributed by atoms with Crippen LogP contribution in [0.25, 0.3) is 22.4 Å². The van der Waals surface area contributed by atoms with E-state index >= 15 is 0 Å². The van der Waals surface area contributed by atoms with E-state index in [0.29, 0.717) is 47.6 Å². The molecule has 0 bridgehead atoms. The summed E-state index contributed by atoms with van der Waals surface area (Å²) in [5, 5.41) is 4.49. The Balaban J connectivity index is 1.86. The van der Waals surface area contributed by atoms with Crippen LogP contribution < -0.4 is 0 Å². The zero-order chi connectivity index (χ0) is 18.3. The second-order valence-corrected chi connectivity index (χ2v) is 6.42. The highest BCUT2D eigenvalue weighted by atomic mass is 19.1. The summed E-state index contributed by atoms with van der Waals surface area (Å²) < 4.78 is 25.0. The molecule has 4 rings (SSSR count). The van der Waals surface area contributed by atoms with Gasteiger partial charge in [0.2, 0.25) is 0 Å². The second kappa shape index (κ2) is 6.49. The van der Waals surface area contributed by atoms with Crippen molar-refractivity contribution in [3.8, 4) is 11.3 Å². The predicted octanol–water partition coefficient (Wildman–Crippen LogP) is 3.20. The van der Waals surface area contributed by atoms with Gasteiger partial charge in [-0.25, -0.2) is 9.37 Å². The highest BCUT2D eigenvalue weighted by Crippen LogP contribution is 2.29. The smallest absolute Gasteiger partial charge is 0.259 e. The molecule has 0 N–H and O–H groups in total. The summed E-state index contributed by atoms with van der Waals surface area (Å²) in [5.41, 5.74) is 1.88. The van der Waals surface area contributed by atoms with E-state index in [0.717, 1.165) is 0 Å². The van der Waals surface area contributed by atoms with E-state index in [9.17, 15) is 9.18 Å². The Kier molecular flexibility index (Phi) is 4.16. The fraction of sp³-hybridized carbons (Fsp3) is 0.316. The Hall–Kier alpha value is -2.80. The molecular formula is C19H18FN3O3. The number of carbonyl (C=O) groups excluding carboxylic acids is 1. The normalized spacial score (nSPS) is 17.7. The average molecular weight is 355 g/mol. The van der Waals surface area contributed by atoms with E-state index in [1.807, 2.05) is 6.92 Å². The Morgan fingerprint density at radius 3 is 2.92 bits per heavy atom. The number of carbonyl (C=O) groups is 1. The first-order chi connectivity index (χ1) is 12.5. The lowest BCUT2D eigenvalue weighted by atomic mass is 10.0. The number of benzene rings is 1. The number of nitrogens with zero attached hydrogens (tertiary/aromatic N) is 3. The van der Waals surface area contributed by atoms with Crippen molar-refractivity contribution >= 4 is 17.0 Å². The van der Waals surface area contributed by atoms with Crippen LogP contribution in [0.4, 0.5) is 4.39 Å². The number of fused-ring (bicyclic) bond motifs is 1. The Morgan fingerprint density at radius 1 is 1.35 bits per heavy atom. The molecule has 1 fully saturated rings. The standard InChI is InChI=1S/C19H18FN3O3/c1-11-10-23(7-8-25-11)19(24)14-9-16(13-5-3-4-6-15(13)20)21-18-17(14)12(2)22-26-18/h3-6,9,11H,7-8,10H2,1-2H3/t11-/m1/s1. The first-order valence-electron chi connectivity index (χ1n) is 8.47. The second-order valence-electron chi connectivity index (χ2n) is 6.42. The number of aryl methyl sites for hydroxylation is 1. The van der Waals surface area contributed by atoms with Gasteiger partial charge in [-0.15, -0.1) is 0 Å². The summed E-state index contributed by atoms with van der Waals surface area (Å²) in [4.78, 5) is 19.3. The van der Waals surface area contributed by atoms with Crippen molar-refractivity contribution in [1.29, 1.82) is 0 Å². The van der Waals surface area contributed by atoms with Gasteiger partial charge in [0.15, 0.2) is 0 Å². The first-order valence-corrected chi connectivity index (χ1v) is 8.47. The van der Waals surface area contributed by atoms with E-state index in [4.69, 9.17) is 9.26 Å². The Bertz CT molecular complexity index is 985. The Labute approximate surface area is 149 Å². The minimum Gasteiger partial charge on any atom is -0.375 e. The van der Waals surface area contributed by atoms with Crippen molar-refractivity contribution in [2.24, 2.45) is 0 Å². The fourth-order valence-corrected chi connectivity index (χ4v) is 3.24. The van der Waals surface area contributed by atoms with E-state index < -0.39 is 5.82 Å². The number of pyridine rings is 1. The average Bonchev–Trinajstić information content (AvgIpc) is 3.02. The van der Waals surface area contributed by atoms with Crippen LogP contribution in [0.3, 0.4) is 0 Å². The van der Waals surface area contributed by atoms with Gasteiger partial charge >= 0.3 is 0 Å². The molecule has 1 amide bonds. The van der Waals surface area contributed by atoms with Crippen molar-refractivity contribution in [3.63, 3.8) is 0 Å². The molecule has 0 spiro atoms. The van der Waals surface area contributed by atoms with Gasteiger partial charge < -0.3 is 14.2 Å². The quantitative estimate of drug-likeness (QED) is 0.706. The minimum absolute atomic E-state index is 0.0281. The van der Waals surface area contributed by atoms with Crippen LogP contribution in [-0.2, 0) is 4.74 Å². The van der Waals surface area contributed by atoms with Crippen molar-refractivity contribution in [2.45, 2.75) is 20.0 Å². The van der Waals surface area contributed by atoms with Gasteiger partial charge in [0.05, 0.1) is 35.0 Å². The molecule has 0 radical (unpaired) electrons. The van der Waals surface area contributed by atoms with Crippen molar-refractivity contribution in [3.05, 3.63) is 47.4 Å². The molecule has 2 aromatic heterocycles. The maximum absolute atomic E-state index is 14.2. The van der Waals surface area contributed by atoms with Gasteiger partial charge in [-0.05, 0) is 32.0 Å². The van der Waals surface area contributed by atoms with Crippen LogP contribution in [-0.4, -0.2) is 46.7 Å². The van der Waals surface area contributed by atoms with Crippen molar-refractivity contribution in [2.75, 3.05) is 19.7 Å². The number of halogens is 1. The summed E-state index contributed by atoms with van der Waals surface area (Å²) in [6, 6.07) is 7.93. The first kappa shape index (κ1) is 16.7. The van der Waals surface area contributed by atoms with Gasteiger partial charge in [-0.3, -0.25) is 4.79 Å². The fourth-order valence-electron chi connectivity index (χ4n) is 3.24. The van der Waals surface area contributed by atoms with E-state index in [1.165, 1.54) is 6.07 Å². The largest absolute Gasteiger partial charge is 0.375 e. The predicted molar refractivity (Wildman–Crippen MR) is 93.3 cm³/mol. The third-order valence-corrected chi connectivity index (χ3v) is 4.53. The maximum atomic E-state index is 14.2. The van der Waals surface area contributed by atoms with Crippen LogP contribution in [0.15, 0.2) is 34.9 Å². The number of hydrogen-bond donors (Lipinski definition) is 0. The monoisotopic (exact) mass is 355 g/mol.